The van der Waals surface area contributed by atoms with Gasteiger partial charge in [-0.2, -0.15) is 0 Å². The molecule has 0 bridgehead atoms. The van der Waals surface area contributed by atoms with E-state index >= 15 is 0 Å². The van der Waals surface area contributed by atoms with Crippen molar-refractivity contribution in [2.45, 2.75) is 13.3 Å². The van der Waals surface area contributed by atoms with Crippen molar-refractivity contribution >= 4 is 45.4 Å². The van der Waals surface area contributed by atoms with Gasteiger partial charge in [-0.3, -0.25) is 9.79 Å². The van der Waals surface area contributed by atoms with E-state index in [1.165, 1.54) is 0 Å². The number of rotatable bonds is 8. The Bertz CT molecular complexity index is 1070. The zero-order valence-electron chi connectivity index (χ0n) is 18.5. The number of aliphatic imine (C=N–C) groups is 1. The molecular weight excluding hydrogens is 500 g/mol. The average molecular weight is 527 g/mol. The number of carbonyl (C=O) groups excluding carboxylic acids is 1. The Kier molecular flexibility index (Phi) is 9.39. The predicted octanol–water partition coefficient (Wildman–Crippen LogP) is 6.64. The second-order valence-corrected chi connectivity index (χ2v) is 8.28. The van der Waals surface area contributed by atoms with Crippen LogP contribution in [-0.2, 0) is 0 Å². The molecule has 1 aliphatic rings. The van der Waals surface area contributed by atoms with E-state index in [-0.39, 0.29) is 29.3 Å². The monoisotopic (exact) mass is 526 g/mol. The molecular formula is C26H27BrN2O3S. The number of carbonyl (C=O) groups is 1. The Hall–Kier alpha value is -2.77. The van der Waals surface area contributed by atoms with Crippen LogP contribution >= 0.6 is 28.7 Å². The Morgan fingerprint density at radius 1 is 0.970 bits per heavy atom. The molecule has 0 radical (unpaired) electrons. The van der Waals surface area contributed by atoms with E-state index in [1.807, 2.05) is 90.7 Å². The molecule has 172 valence electrons. The third kappa shape index (κ3) is 6.62. The molecule has 3 aromatic carbocycles. The van der Waals surface area contributed by atoms with Crippen molar-refractivity contribution in [2.75, 3.05) is 30.3 Å². The van der Waals surface area contributed by atoms with Crippen LogP contribution in [-0.4, -0.2) is 36.4 Å². The maximum atomic E-state index is 13.2. The number of ether oxygens (including phenoxy) is 2. The standard InChI is InChI=1S/C26H26N2O3S.BrH/c1-2-30-25-12-7-6-11-23(25)28(26-27-17-8-18-32-26)19-24(29)20-13-15-22(16-14-20)31-21-9-4-3-5-10-21;/h3-7,9-16H,2,8,17-19H2,1H3;1H. The first kappa shape index (κ1) is 24.9. The Labute approximate surface area is 209 Å². The van der Waals surface area contributed by atoms with Gasteiger partial charge in [0.2, 0.25) is 0 Å². The van der Waals surface area contributed by atoms with Gasteiger partial charge < -0.3 is 14.4 Å². The third-order valence-electron chi connectivity index (χ3n) is 4.92. The summed E-state index contributed by atoms with van der Waals surface area (Å²) >= 11 is 1.68. The highest BCUT2D eigenvalue weighted by Gasteiger charge is 2.23. The molecule has 5 nitrogen and oxygen atoms in total. The number of ketones is 1. The van der Waals surface area contributed by atoms with Gasteiger partial charge in [0.25, 0.3) is 0 Å². The Morgan fingerprint density at radius 2 is 1.67 bits per heavy atom. The summed E-state index contributed by atoms with van der Waals surface area (Å²) in [7, 11) is 0. The van der Waals surface area contributed by atoms with E-state index in [0.717, 1.165) is 41.1 Å². The zero-order valence-corrected chi connectivity index (χ0v) is 21.0. The Balaban J connectivity index is 0.00000306. The summed E-state index contributed by atoms with van der Waals surface area (Å²) in [6.07, 6.45) is 1.05. The molecule has 1 heterocycles. The first-order chi connectivity index (χ1) is 15.7. The maximum Gasteiger partial charge on any atom is 0.182 e. The number of Topliss-reactive ketones (excluding diaryl/α,β-unsaturated/α-hetero) is 1. The van der Waals surface area contributed by atoms with Crippen LogP contribution in [0.5, 0.6) is 17.2 Å². The van der Waals surface area contributed by atoms with Crippen LogP contribution in [0.15, 0.2) is 83.9 Å². The first-order valence-corrected chi connectivity index (χ1v) is 11.8. The topological polar surface area (TPSA) is 51.1 Å². The highest BCUT2D eigenvalue weighted by Crippen LogP contribution is 2.32. The van der Waals surface area contributed by atoms with Crippen molar-refractivity contribution in [3.63, 3.8) is 0 Å². The highest BCUT2D eigenvalue weighted by molar-refractivity contribution is 8.93. The normalized spacial score (nSPS) is 12.8. The fourth-order valence-electron chi connectivity index (χ4n) is 3.39. The fraction of sp³-hybridized carbons (Fsp3) is 0.231. The molecule has 0 unspecified atom stereocenters. The molecule has 0 spiro atoms. The number of anilines is 1. The lowest BCUT2D eigenvalue weighted by Gasteiger charge is -2.28. The van der Waals surface area contributed by atoms with Crippen molar-refractivity contribution in [1.82, 2.24) is 0 Å². The van der Waals surface area contributed by atoms with Gasteiger partial charge in [-0.05, 0) is 61.9 Å². The lowest BCUT2D eigenvalue weighted by molar-refractivity contribution is 0.100. The molecule has 0 fully saturated rings. The van der Waals surface area contributed by atoms with Crippen molar-refractivity contribution in [1.29, 1.82) is 0 Å². The quantitative estimate of drug-likeness (QED) is 0.308. The molecule has 0 saturated heterocycles. The largest absolute Gasteiger partial charge is 0.492 e. The summed E-state index contributed by atoms with van der Waals surface area (Å²) < 4.78 is 11.7. The van der Waals surface area contributed by atoms with Gasteiger partial charge in [0.05, 0.1) is 18.8 Å². The van der Waals surface area contributed by atoms with Crippen LogP contribution in [0.2, 0.25) is 0 Å². The Morgan fingerprint density at radius 3 is 2.36 bits per heavy atom. The smallest absolute Gasteiger partial charge is 0.182 e. The summed E-state index contributed by atoms with van der Waals surface area (Å²) in [6.45, 7) is 3.48. The van der Waals surface area contributed by atoms with Crippen molar-refractivity contribution in [3.05, 3.63) is 84.4 Å². The first-order valence-electron chi connectivity index (χ1n) is 10.8. The number of hydrogen-bond acceptors (Lipinski definition) is 6. The van der Waals surface area contributed by atoms with E-state index in [0.29, 0.717) is 17.9 Å². The van der Waals surface area contributed by atoms with Gasteiger partial charge in [-0.15, -0.1) is 17.0 Å². The van der Waals surface area contributed by atoms with Crippen molar-refractivity contribution in [2.24, 2.45) is 4.99 Å². The summed E-state index contributed by atoms with van der Waals surface area (Å²) in [5.41, 5.74) is 1.49. The zero-order chi connectivity index (χ0) is 22.2. The van der Waals surface area contributed by atoms with Crippen LogP contribution in [0.3, 0.4) is 0 Å². The molecule has 33 heavy (non-hydrogen) atoms. The number of nitrogens with zero attached hydrogens (tertiary/aromatic N) is 2. The van der Waals surface area contributed by atoms with Gasteiger partial charge in [0.1, 0.15) is 17.2 Å². The predicted molar refractivity (Wildman–Crippen MR) is 142 cm³/mol. The van der Waals surface area contributed by atoms with E-state index in [2.05, 4.69) is 0 Å². The molecule has 0 saturated carbocycles. The van der Waals surface area contributed by atoms with Crippen LogP contribution in [0.1, 0.15) is 23.7 Å². The second kappa shape index (κ2) is 12.5. The highest BCUT2D eigenvalue weighted by atomic mass is 79.9. The van der Waals surface area contributed by atoms with E-state index < -0.39 is 0 Å². The molecule has 0 atom stereocenters. The molecule has 0 aliphatic carbocycles. The number of amidine groups is 1. The summed E-state index contributed by atoms with van der Waals surface area (Å²) in [6, 6.07) is 24.7. The summed E-state index contributed by atoms with van der Waals surface area (Å²) in [5, 5.41) is 0.862. The third-order valence-corrected chi connectivity index (χ3v) is 6.02. The lowest BCUT2D eigenvalue weighted by atomic mass is 10.1. The molecule has 0 aromatic heterocycles. The number of halogens is 1. The van der Waals surface area contributed by atoms with Crippen molar-refractivity contribution < 1.29 is 14.3 Å². The minimum absolute atomic E-state index is 0. The van der Waals surface area contributed by atoms with Gasteiger partial charge in [0.15, 0.2) is 11.0 Å². The maximum absolute atomic E-state index is 13.2. The summed E-state index contributed by atoms with van der Waals surface area (Å²) in [5.74, 6) is 3.21. The van der Waals surface area contributed by atoms with E-state index in [9.17, 15) is 4.79 Å². The van der Waals surface area contributed by atoms with Crippen LogP contribution < -0.4 is 14.4 Å². The SMILES string of the molecule is Br.CCOc1ccccc1N(CC(=O)c1ccc(Oc2ccccc2)cc1)C1=NCCCS1. The van der Waals surface area contributed by atoms with E-state index in [1.54, 1.807) is 11.8 Å². The average Bonchev–Trinajstić information content (AvgIpc) is 2.85. The number of hydrogen-bond donors (Lipinski definition) is 0. The van der Waals surface area contributed by atoms with Crippen LogP contribution in [0.4, 0.5) is 5.69 Å². The van der Waals surface area contributed by atoms with Gasteiger partial charge in [0, 0.05) is 17.9 Å². The number of benzene rings is 3. The molecule has 0 N–H and O–H groups in total. The van der Waals surface area contributed by atoms with Crippen LogP contribution in [0, 0.1) is 0 Å². The summed E-state index contributed by atoms with van der Waals surface area (Å²) in [4.78, 5) is 19.9. The number of thioether (sulfide) groups is 1. The van der Waals surface area contributed by atoms with Crippen LogP contribution in [0.25, 0.3) is 0 Å². The molecule has 0 amide bonds. The molecule has 7 heteroatoms. The minimum Gasteiger partial charge on any atom is -0.492 e. The van der Waals surface area contributed by atoms with Gasteiger partial charge >= 0.3 is 0 Å². The van der Waals surface area contributed by atoms with Crippen molar-refractivity contribution in [3.8, 4) is 17.2 Å². The molecule has 1 aliphatic heterocycles. The fourth-order valence-corrected chi connectivity index (χ4v) is 4.35. The number of para-hydroxylation sites is 3. The lowest BCUT2D eigenvalue weighted by Crippen LogP contribution is -2.36. The van der Waals surface area contributed by atoms with E-state index in [4.69, 9.17) is 14.5 Å². The molecule has 4 rings (SSSR count). The minimum atomic E-state index is 0. The van der Waals surface area contributed by atoms with Gasteiger partial charge in [-0.1, -0.05) is 42.1 Å². The second-order valence-electron chi connectivity index (χ2n) is 7.22. The molecule has 3 aromatic rings. The van der Waals surface area contributed by atoms with Gasteiger partial charge in [-0.25, -0.2) is 0 Å².